The highest BCUT2D eigenvalue weighted by Crippen LogP contribution is 2.09. The van der Waals surface area contributed by atoms with Crippen LogP contribution in [0.4, 0.5) is 0 Å². The summed E-state index contributed by atoms with van der Waals surface area (Å²) in [6.07, 6.45) is 0.966. The smallest absolute Gasteiger partial charge is 0.236 e. The zero-order valence-electron chi connectivity index (χ0n) is 9.95. The molecular weight excluding hydrogens is 192 g/mol. The molecule has 4 heteroatoms. The van der Waals surface area contributed by atoms with Crippen LogP contribution in [0.15, 0.2) is 0 Å². The average molecular weight is 214 g/mol. The summed E-state index contributed by atoms with van der Waals surface area (Å²) in [5.74, 6) is 0.193. The first-order valence-electron chi connectivity index (χ1n) is 5.75. The van der Waals surface area contributed by atoms with E-state index in [4.69, 9.17) is 4.74 Å². The normalized spacial score (nSPS) is 22.1. The molecule has 0 bridgehead atoms. The second kappa shape index (κ2) is 6.08. The molecule has 0 radical (unpaired) electrons. The van der Waals surface area contributed by atoms with Gasteiger partial charge in [0.05, 0.1) is 25.8 Å². The minimum atomic E-state index is 0.193. The predicted molar refractivity (Wildman–Crippen MR) is 59.7 cm³/mol. The molecule has 1 aliphatic heterocycles. The first kappa shape index (κ1) is 12.5. The van der Waals surface area contributed by atoms with Gasteiger partial charge in [-0.15, -0.1) is 0 Å². The molecule has 1 aliphatic rings. The van der Waals surface area contributed by atoms with E-state index < -0.39 is 0 Å². The van der Waals surface area contributed by atoms with E-state index in [0.717, 1.165) is 13.0 Å². The van der Waals surface area contributed by atoms with Gasteiger partial charge in [-0.2, -0.15) is 0 Å². The molecule has 0 aromatic carbocycles. The Bertz CT molecular complexity index is 207. The molecule has 1 fully saturated rings. The zero-order chi connectivity index (χ0) is 11.3. The van der Waals surface area contributed by atoms with Crippen molar-refractivity contribution < 1.29 is 9.53 Å². The highest BCUT2D eigenvalue weighted by molar-refractivity contribution is 5.78. The number of hydrogen-bond donors (Lipinski definition) is 1. The van der Waals surface area contributed by atoms with Gasteiger partial charge in [-0.1, -0.05) is 20.8 Å². The van der Waals surface area contributed by atoms with Crippen LogP contribution < -0.4 is 5.32 Å². The number of amides is 1. The van der Waals surface area contributed by atoms with E-state index in [-0.39, 0.29) is 11.9 Å². The Balaban J connectivity index is 2.41. The van der Waals surface area contributed by atoms with E-state index in [1.54, 1.807) is 0 Å². The van der Waals surface area contributed by atoms with E-state index >= 15 is 0 Å². The average Bonchev–Trinajstić information content (AvgIpc) is 2.25. The number of morpholine rings is 1. The van der Waals surface area contributed by atoms with Gasteiger partial charge in [-0.05, 0) is 6.42 Å². The summed E-state index contributed by atoms with van der Waals surface area (Å²) in [4.78, 5) is 13.8. The Morgan fingerprint density at radius 1 is 1.60 bits per heavy atom. The van der Waals surface area contributed by atoms with E-state index in [2.05, 4.69) is 12.2 Å². The maximum Gasteiger partial charge on any atom is 0.236 e. The molecule has 88 valence electrons. The molecule has 0 saturated carbocycles. The van der Waals surface area contributed by atoms with Crippen LogP contribution in [0.3, 0.4) is 0 Å². The standard InChI is InChI=1S/C11H22N2O2/c1-4-10-8-15-6-5-13(10)11(14)7-12-9(2)3/h9-10,12H,4-8H2,1-3H3. The molecule has 1 rings (SSSR count). The van der Waals surface area contributed by atoms with Gasteiger partial charge in [0.15, 0.2) is 0 Å². The molecule has 1 N–H and O–H groups in total. The molecule has 1 amide bonds. The fraction of sp³-hybridized carbons (Fsp3) is 0.909. The summed E-state index contributed by atoms with van der Waals surface area (Å²) < 4.78 is 5.36. The maximum atomic E-state index is 11.9. The quantitative estimate of drug-likeness (QED) is 0.746. The monoisotopic (exact) mass is 214 g/mol. The SMILES string of the molecule is CCC1COCCN1C(=O)CNC(C)C. The third-order valence-electron chi connectivity index (χ3n) is 2.68. The highest BCUT2D eigenvalue weighted by Gasteiger charge is 2.25. The number of nitrogens with one attached hydrogen (secondary N) is 1. The summed E-state index contributed by atoms with van der Waals surface area (Å²) in [5, 5.41) is 3.16. The van der Waals surface area contributed by atoms with Crippen LogP contribution in [0, 0.1) is 0 Å². The molecule has 1 saturated heterocycles. The van der Waals surface area contributed by atoms with Crippen molar-refractivity contribution in [3.05, 3.63) is 0 Å². The van der Waals surface area contributed by atoms with Gasteiger partial charge in [0.25, 0.3) is 0 Å². The third kappa shape index (κ3) is 3.80. The lowest BCUT2D eigenvalue weighted by atomic mass is 10.1. The third-order valence-corrected chi connectivity index (χ3v) is 2.68. The van der Waals surface area contributed by atoms with Crippen molar-refractivity contribution in [2.24, 2.45) is 0 Å². The number of carbonyl (C=O) groups is 1. The predicted octanol–water partition coefficient (Wildman–Crippen LogP) is 0.622. The minimum absolute atomic E-state index is 0.193. The fourth-order valence-electron chi connectivity index (χ4n) is 1.71. The van der Waals surface area contributed by atoms with E-state index in [1.165, 1.54) is 0 Å². The molecule has 0 aromatic rings. The Labute approximate surface area is 92.0 Å². The summed E-state index contributed by atoms with van der Waals surface area (Å²) >= 11 is 0. The lowest BCUT2D eigenvalue weighted by Gasteiger charge is -2.35. The highest BCUT2D eigenvalue weighted by atomic mass is 16.5. The van der Waals surface area contributed by atoms with Crippen LogP contribution in [-0.2, 0) is 9.53 Å². The van der Waals surface area contributed by atoms with Crippen molar-refractivity contribution in [1.29, 1.82) is 0 Å². The number of rotatable bonds is 4. The Hall–Kier alpha value is -0.610. The number of nitrogens with zero attached hydrogens (tertiary/aromatic N) is 1. The fourth-order valence-corrected chi connectivity index (χ4v) is 1.71. The molecule has 0 spiro atoms. The molecule has 4 nitrogen and oxygen atoms in total. The van der Waals surface area contributed by atoms with Gasteiger partial charge in [0, 0.05) is 12.6 Å². The zero-order valence-corrected chi connectivity index (χ0v) is 9.95. The van der Waals surface area contributed by atoms with E-state index in [0.29, 0.717) is 25.8 Å². The number of carbonyl (C=O) groups excluding carboxylic acids is 1. The molecule has 1 heterocycles. The van der Waals surface area contributed by atoms with E-state index in [9.17, 15) is 4.79 Å². The van der Waals surface area contributed by atoms with Gasteiger partial charge < -0.3 is 15.0 Å². The van der Waals surface area contributed by atoms with Crippen molar-refractivity contribution in [1.82, 2.24) is 10.2 Å². The number of hydrogen-bond acceptors (Lipinski definition) is 3. The van der Waals surface area contributed by atoms with Crippen molar-refractivity contribution in [3.8, 4) is 0 Å². The lowest BCUT2D eigenvalue weighted by molar-refractivity contribution is -0.139. The van der Waals surface area contributed by atoms with Gasteiger partial charge in [0.1, 0.15) is 0 Å². The van der Waals surface area contributed by atoms with Crippen LogP contribution >= 0.6 is 0 Å². The second-order valence-corrected chi connectivity index (χ2v) is 4.26. The van der Waals surface area contributed by atoms with Gasteiger partial charge >= 0.3 is 0 Å². The molecule has 0 aliphatic carbocycles. The summed E-state index contributed by atoms with van der Waals surface area (Å²) in [7, 11) is 0. The maximum absolute atomic E-state index is 11.9. The second-order valence-electron chi connectivity index (χ2n) is 4.26. The van der Waals surface area contributed by atoms with Crippen LogP contribution in [0.25, 0.3) is 0 Å². The van der Waals surface area contributed by atoms with Crippen LogP contribution in [-0.4, -0.2) is 49.2 Å². The summed E-state index contributed by atoms with van der Waals surface area (Å²) in [6, 6.07) is 0.621. The number of ether oxygens (including phenoxy) is 1. The molecular formula is C11H22N2O2. The molecule has 0 aromatic heterocycles. The minimum Gasteiger partial charge on any atom is -0.377 e. The topological polar surface area (TPSA) is 41.6 Å². The Morgan fingerprint density at radius 3 is 2.93 bits per heavy atom. The summed E-state index contributed by atoms with van der Waals surface area (Å²) in [5.41, 5.74) is 0. The van der Waals surface area contributed by atoms with Gasteiger partial charge in [-0.3, -0.25) is 4.79 Å². The van der Waals surface area contributed by atoms with Crippen LogP contribution in [0.1, 0.15) is 27.2 Å². The Kier molecular flexibility index (Phi) is 5.05. The van der Waals surface area contributed by atoms with Crippen LogP contribution in [0.2, 0.25) is 0 Å². The largest absolute Gasteiger partial charge is 0.377 e. The van der Waals surface area contributed by atoms with Crippen molar-refractivity contribution in [2.75, 3.05) is 26.3 Å². The Morgan fingerprint density at radius 2 is 2.33 bits per heavy atom. The lowest BCUT2D eigenvalue weighted by Crippen LogP contribution is -2.51. The van der Waals surface area contributed by atoms with Gasteiger partial charge in [0.2, 0.25) is 5.91 Å². The molecule has 1 unspecified atom stereocenters. The van der Waals surface area contributed by atoms with Crippen molar-refractivity contribution >= 4 is 5.91 Å². The van der Waals surface area contributed by atoms with E-state index in [1.807, 2.05) is 18.7 Å². The first-order valence-corrected chi connectivity index (χ1v) is 5.75. The molecule has 15 heavy (non-hydrogen) atoms. The van der Waals surface area contributed by atoms with Crippen LogP contribution in [0.5, 0.6) is 0 Å². The summed E-state index contributed by atoms with van der Waals surface area (Å²) in [6.45, 7) is 8.71. The first-order chi connectivity index (χ1) is 7.15. The van der Waals surface area contributed by atoms with Crippen molar-refractivity contribution in [2.45, 2.75) is 39.3 Å². The molecule has 1 atom stereocenters. The van der Waals surface area contributed by atoms with Crippen molar-refractivity contribution in [3.63, 3.8) is 0 Å². The van der Waals surface area contributed by atoms with Gasteiger partial charge in [-0.25, -0.2) is 0 Å².